The van der Waals surface area contributed by atoms with Crippen LogP contribution in [0.25, 0.3) is 11.4 Å². The Hall–Kier alpha value is -2.83. The van der Waals surface area contributed by atoms with Crippen LogP contribution in [-0.2, 0) is 0 Å². The molecule has 1 unspecified atom stereocenters. The maximum atomic E-state index is 4.87. The number of nitrogens with one attached hydrogen (secondary N) is 1. The van der Waals surface area contributed by atoms with Crippen molar-refractivity contribution in [1.29, 1.82) is 0 Å². The smallest absolute Gasteiger partial charge is 0.163 e. The second-order valence-electron chi connectivity index (χ2n) is 6.48. The lowest BCUT2D eigenvalue weighted by Crippen LogP contribution is -2.36. The van der Waals surface area contributed by atoms with Gasteiger partial charge in [0.15, 0.2) is 5.82 Å². The minimum atomic E-state index is 0.354. The van der Waals surface area contributed by atoms with E-state index >= 15 is 0 Å². The van der Waals surface area contributed by atoms with Crippen LogP contribution < -0.4 is 4.90 Å². The van der Waals surface area contributed by atoms with Gasteiger partial charge in [0.1, 0.15) is 18.0 Å². The molecule has 4 rings (SSSR count). The van der Waals surface area contributed by atoms with Crippen LogP contribution >= 0.6 is 0 Å². The zero-order valence-electron chi connectivity index (χ0n) is 14.5. The summed E-state index contributed by atoms with van der Waals surface area (Å²) in [6.45, 7) is 6.02. The highest BCUT2D eigenvalue weighted by Gasteiger charge is 2.26. The Bertz CT molecular complexity index is 845. The molecule has 1 saturated heterocycles. The number of rotatable bonds is 3. The number of anilines is 1. The van der Waals surface area contributed by atoms with Crippen LogP contribution in [0.2, 0.25) is 0 Å². The largest absolute Gasteiger partial charge is 0.356 e. The number of pyridine rings is 1. The molecular formula is C18H21N7. The zero-order valence-corrected chi connectivity index (χ0v) is 14.5. The Kier molecular flexibility index (Phi) is 4.13. The summed E-state index contributed by atoms with van der Waals surface area (Å²) in [5, 5.41) is 7.01. The third-order valence-electron chi connectivity index (χ3n) is 4.82. The summed E-state index contributed by atoms with van der Waals surface area (Å²) in [6, 6.07) is 3.91. The molecule has 7 heteroatoms. The first-order valence-electron chi connectivity index (χ1n) is 8.58. The first-order valence-corrected chi connectivity index (χ1v) is 8.58. The van der Waals surface area contributed by atoms with Gasteiger partial charge < -0.3 is 4.90 Å². The average Bonchev–Trinajstić information content (AvgIpc) is 3.19. The van der Waals surface area contributed by atoms with Gasteiger partial charge in [-0.05, 0) is 38.8 Å². The van der Waals surface area contributed by atoms with E-state index in [0.29, 0.717) is 5.92 Å². The number of nitrogens with zero attached hydrogens (tertiary/aromatic N) is 6. The van der Waals surface area contributed by atoms with Crippen molar-refractivity contribution in [3.8, 4) is 11.4 Å². The standard InChI is InChI=1S/C18H21N7/c1-12-13(2)22-17(14-5-3-7-19-9-14)23-18(12)25-8-4-6-15(10-25)16-20-11-21-24-16/h3,5,7,9,11,15H,4,6,8,10H2,1-2H3,(H,20,21,24). The van der Waals surface area contributed by atoms with Gasteiger partial charge in [0.25, 0.3) is 0 Å². The number of aromatic nitrogens is 6. The molecule has 0 bridgehead atoms. The molecule has 128 valence electrons. The molecule has 25 heavy (non-hydrogen) atoms. The van der Waals surface area contributed by atoms with E-state index < -0.39 is 0 Å². The van der Waals surface area contributed by atoms with Gasteiger partial charge in [0.2, 0.25) is 0 Å². The topological polar surface area (TPSA) is 83.5 Å². The van der Waals surface area contributed by atoms with E-state index in [1.54, 1.807) is 18.7 Å². The molecule has 0 spiro atoms. The maximum absolute atomic E-state index is 4.87. The molecule has 0 amide bonds. The fourth-order valence-electron chi connectivity index (χ4n) is 3.35. The van der Waals surface area contributed by atoms with Crippen molar-refractivity contribution in [2.24, 2.45) is 0 Å². The summed E-state index contributed by atoms with van der Waals surface area (Å²) < 4.78 is 0. The van der Waals surface area contributed by atoms with E-state index in [1.807, 2.05) is 19.1 Å². The molecule has 1 N–H and O–H groups in total. The number of piperidine rings is 1. The summed E-state index contributed by atoms with van der Waals surface area (Å²) in [5.41, 5.74) is 3.08. The molecule has 0 saturated carbocycles. The van der Waals surface area contributed by atoms with Crippen LogP contribution in [-0.4, -0.2) is 43.2 Å². The molecule has 1 aliphatic heterocycles. The molecule has 3 aromatic rings. The van der Waals surface area contributed by atoms with Crippen molar-refractivity contribution in [2.45, 2.75) is 32.6 Å². The average molecular weight is 335 g/mol. The summed E-state index contributed by atoms with van der Waals surface area (Å²) in [5.74, 6) is 3.05. The van der Waals surface area contributed by atoms with Crippen LogP contribution in [0.4, 0.5) is 5.82 Å². The highest BCUT2D eigenvalue weighted by Crippen LogP contribution is 2.30. The fraction of sp³-hybridized carbons (Fsp3) is 0.389. The predicted octanol–water partition coefficient (Wildman–Crippen LogP) is 2.66. The van der Waals surface area contributed by atoms with Crippen LogP contribution in [0.5, 0.6) is 0 Å². The van der Waals surface area contributed by atoms with Crippen molar-refractivity contribution in [3.63, 3.8) is 0 Å². The first-order chi connectivity index (χ1) is 12.2. The summed E-state index contributed by atoms with van der Waals surface area (Å²) in [6.07, 6.45) is 7.37. The Labute approximate surface area is 146 Å². The van der Waals surface area contributed by atoms with Gasteiger partial charge in [-0.2, -0.15) is 5.10 Å². The summed E-state index contributed by atoms with van der Waals surface area (Å²) >= 11 is 0. The van der Waals surface area contributed by atoms with E-state index in [1.165, 1.54) is 0 Å². The van der Waals surface area contributed by atoms with Gasteiger partial charge in [-0.25, -0.2) is 15.0 Å². The van der Waals surface area contributed by atoms with Crippen LogP contribution in [0.15, 0.2) is 30.9 Å². The molecule has 3 aromatic heterocycles. The Balaban J connectivity index is 1.68. The van der Waals surface area contributed by atoms with Crippen molar-refractivity contribution in [3.05, 3.63) is 47.9 Å². The van der Waals surface area contributed by atoms with Crippen molar-refractivity contribution < 1.29 is 0 Å². The van der Waals surface area contributed by atoms with Crippen LogP contribution in [0.1, 0.15) is 35.8 Å². The van der Waals surface area contributed by atoms with Crippen LogP contribution in [0.3, 0.4) is 0 Å². The van der Waals surface area contributed by atoms with Gasteiger partial charge in [-0.3, -0.25) is 10.1 Å². The lowest BCUT2D eigenvalue weighted by Gasteiger charge is -2.33. The lowest BCUT2D eigenvalue weighted by atomic mass is 9.97. The predicted molar refractivity (Wildman–Crippen MR) is 95.3 cm³/mol. The highest BCUT2D eigenvalue weighted by molar-refractivity contribution is 5.59. The van der Waals surface area contributed by atoms with E-state index in [0.717, 1.165) is 60.2 Å². The SMILES string of the molecule is Cc1nc(-c2cccnc2)nc(N2CCCC(c3ncn[nH]3)C2)c1C. The van der Waals surface area contributed by atoms with E-state index in [2.05, 4.69) is 37.0 Å². The van der Waals surface area contributed by atoms with Gasteiger partial charge >= 0.3 is 0 Å². The van der Waals surface area contributed by atoms with Crippen molar-refractivity contribution >= 4 is 5.82 Å². The summed E-state index contributed by atoms with van der Waals surface area (Å²) in [4.78, 5) is 20.4. The number of hydrogen-bond donors (Lipinski definition) is 1. The van der Waals surface area contributed by atoms with E-state index in [4.69, 9.17) is 4.98 Å². The first kappa shape index (κ1) is 15.7. The molecular weight excluding hydrogens is 314 g/mol. The molecule has 4 heterocycles. The second-order valence-corrected chi connectivity index (χ2v) is 6.48. The van der Waals surface area contributed by atoms with Crippen molar-refractivity contribution in [1.82, 2.24) is 30.1 Å². The molecule has 1 aliphatic rings. The quantitative estimate of drug-likeness (QED) is 0.792. The maximum Gasteiger partial charge on any atom is 0.163 e. The number of aromatic amines is 1. The molecule has 0 radical (unpaired) electrons. The number of H-pyrrole nitrogens is 1. The van der Waals surface area contributed by atoms with E-state index in [-0.39, 0.29) is 0 Å². The minimum Gasteiger partial charge on any atom is -0.356 e. The summed E-state index contributed by atoms with van der Waals surface area (Å²) in [7, 11) is 0. The van der Waals surface area contributed by atoms with Crippen molar-refractivity contribution in [2.75, 3.05) is 18.0 Å². The van der Waals surface area contributed by atoms with Gasteiger partial charge in [0, 0.05) is 48.2 Å². The van der Waals surface area contributed by atoms with Gasteiger partial charge in [-0.1, -0.05) is 0 Å². The van der Waals surface area contributed by atoms with E-state index in [9.17, 15) is 0 Å². The highest BCUT2D eigenvalue weighted by atomic mass is 15.2. The second kappa shape index (κ2) is 6.58. The number of aryl methyl sites for hydroxylation is 1. The molecule has 0 aromatic carbocycles. The zero-order chi connectivity index (χ0) is 17.2. The Morgan fingerprint density at radius 1 is 1.24 bits per heavy atom. The minimum absolute atomic E-state index is 0.354. The normalized spacial score (nSPS) is 17.7. The molecule has 1 fully saturated rings. The third kappa shape index (κ3) is 3.09. The lowest BCUT2D eigenvalue weighted by molar-refractivity contribution is 0.489. The molecule has 7 nitrogen and oxygen atoms in total. The fourth-order valence-corrected chi connectivity index (χ4v) is 3.35. The van der Waals surface area contributed by atoms with Crippen LogP contribution in [0, 0.1) is 13.8 Å². The Morgan fingerprint density at radius 3 is 2.92 bits per heavy atom. The van der Waals surface area contributed by atoms with Gasteiger partial charge in [0.05, 0.1) is 0 Å². The van der Waals surface area contributed by atoms with Gasteiger partial charge in [-0.15, -0.1) is 0 Å². The third-order valence-corrected chi connectivity index (χ3v) is 4.82. The number of hydrogen-bond acceptors (Lipinski definition) is 6. The Morgan fingerprint density at radius 2 is 2.16 bits per heavy atom. The molecule has 0 aliphatic carbocycles. The monoisotopic (exact) mass is 335 g/mol. The molecule has 1 atom stereocenters.